The van der Waals surface area contributed by atoms with Crippen molar-refractivity contribution in [2.24, 2.45) is 0 Å². The van der Waals surface area contributed by atoms with E-state index in [0.717, 1.165) is 0 Å². The molecule has 0 atom stereocenters. The van der Waals surface area contributed by atoms with E-state index in [0.29, 0.717) is 24.0 Å². The zero-order chi connectivity index (χ0) is 16.2. The Balaban J connectivity index is 1.45. The summed E-state index contributed by atoms with van der Waals surface area (Å²) in [5, 5.41) is 0.431. The molecule has 23 heavy (non-hydrogen) atoms. The normalized spacial score (nSPS) is 14.3. The predicted octanol–water partition coefficient (Wildman–Crippen LogP) is 2.54. The van der Waals surface area contributed by atoms with Crippen molar-refractivity contribution in [1.82, 2.24) is 9.88 Å². The lowest BCUT2D eigenvalue weighted by atomic mass is 10.1. The number of hydrogen-bond acceptors (Lipinski definition) is 4. The van der Waals surface area contributed by atoms with Gasteiger partial charge in [-0.15, -0.1) is 0 Å². The van der Waals surface area contributed by atoms with Gasteiger partial charge in [-0.1, -0.05) is 23.7 Å². The van der Waals surface area contributed by atoms with Crippen molar-refractivity contribution in [1.29, 1.82) is 0 Å². The molecule has 1 amide bonds. The number of amides is 1. The van der Waals surface area contributed by atoms with Crippen molar-refractivity contribution in [3.63, 3.8) is 0 Å². The number of carbonyl (C=O) groups is 1. The number of rotatable bonds is 5. The molecule has 3 rings (SSSR count). The van der Waals surface area contributed by atoms with Crippen LogP contribution in [0.25, 0.3) is 0 Å². The van der Waals surface area contributed by atoms with Gasteiger partial charge in [-0.05, 0) is 24.3 Å². The van der Waals surface area contributed by atoms with Crippen molar-refractivity contribution >= 4 is 17.5 Å². The van der Waals surface area contributed by atoms with E-state index in [1.807, 2.05) is 0 Å². The van der Waals surface area contributed by atoms with Crippen LogP contribution in [0.1, 0.15) is 0 Å². The number of halogens is 2. The molecular formula is C16H14ClFN2O3. The topological polar surface area (TPSA) is 51.7 Å². The molecule has 0 N–H and O–H groups in total. The zero-order valence-electron chi connectivity index (χ0n) is 12.1. The summed E-state index contributed by atoms with van der Waals surface area (Å²) >= 11 is 5.96. The van der Waals surface area contributed by atoms with Gasteiger partial charge >= 0.3 is 0 Å². The van der Waals surface area contributed by atoms with E-state index in [2.05, 4.69) is 4.98 Å². The van der Waals surface area contributed by atoms with Gasteiger partial charge < -0.3 is 14.4 Å². The van der Waals surface area contributed by atoms with Crippen LogP contribution in [0.5, 0.6) is 11.6 Å². The fourth-order valence-electron chi connectivity index (χ4n) is 2.12. The minimum atomic E-state index is -0.491. The lowest BCUT2D eigenvalue weighted by Crippen LogP contribution is -2.57. The van der Waals surface area contributed by atoms with Gasteiger partial charge in [-0.3, -0.25) is 4.79 Å². The summed E-state index contributed by atoms with van der Waals surface area (Å²) in [6.07, 6.45) is 1.44. The first-order chi connectivity index (χ1) is 11.1. The maximum Gasteiger partial charge on any atom is 0.260 e. The van der Waals surface area contributed by atoms with Crippen molar-refractivity contribution < 1.29 is 18.7 Å². The highest BCUT2D eigenvalue weighted by Crippen LogP contribution is 2.24. The maximum atomic E-state index is 13.4. The van der Waals surface area contributed by atoms with Crippen molar-refractivity contribution in [3.8, 4) is 11.6 Å². The molecule has 0 unspecified atom stereocenters. The summed E-state index contributed by atoms with van der Waals surface area (Å²) in [4.78, 5) is 17.6. The van der Waals surface area contributed by atoms with Crippen molar-refractivity contribution in [2.75, 3.05) is 19.7 Å². The molecule has 1 saturated heterocycles. The number of pyridine rings is 1. The third-order valence-electron chi connectivity index (χ3n) is 3.39. The number of nitrogens with zero attached hydrogens (tertiary/aromatic N) is 2. The molecule has 7 heteroatoms. The summed E-state index contributed by atoms with van der Waals surface area (Å²) in [7, 11) is 0. The molecule has 120 valence electrons. The molecule has 1 fully saturated rings. The van der Waals surface area contributed by atoms with Crippen LogP contribution < -0.4 is 9.47 Å². The van der Waals surface area contributed by atoms with Crippen LogP contribution in [0.15, 0.2) is 42.6 Å². The number of benzene rings is 1. The summed E-state index contributed by atoms with van der Waals surface area (Å²) in [6.45, 7) is 0.636. The molecule has 0 aliphatic carbocycles. The van der Waals surface area contributed by atoms with Crippen LogP contribution in [-0.4, -0.2) is 41.6 Å². The first-order valence-corrected chi connectivity index (χ1v) is 7.43. The van der Waals surface area contributed by atoms with E-state index < -0.39 is 5.82 Å². The highest BCUT2D eigenvalue weighted by atomic mass is 35.5. The monoisotopic (exact) mass is 336 g/mol. The average molecular weight is 337 g/mol. The minimum Gasteiger partial charge on any atom is -0.481 e. The third kappa shape index (κ3) is 3.71. The molecule has 2 heterocycles. The number of carbonyl (C=O) groups excluding carboxylic acids is 1. The Hall–Kier alpha value is -2.34. The van der Waals surface area contributed by atoms with Crippen LogP contribution in [0, 0.1) is 5.82 Å². The number of para-hydroxylation sites is 1. The fraction of sp³-hybridized carbons (Fsp3) is 0.250. The molecule has 0 radical (unpaired) electrons. The van der Waals surface area contributed by atoms with Crippen LogP contribution in [-0.2, 0) is 4.79 Å². The number of aromatic nitrogens is 1. The van der Waals surface area contributed by atoms with Gasteiger partial charge in [0, 0.05) is 6.20 Å². The first kappa shape index (κ1) is 15.6. The zero-order valence-corrected chi connectivity index (χ0v) is 12.9. The minimum absolute atomic E-state index is 0.0643. The van der Waals surface area contributed by atoms with Gasteiger partial charge in [0.05, 0.1) is 13.1 Å². The van der Waals surface area contributed by atoms with Gasteiger partial charge in [0.2, 0.25) is 5.88 Å². The number of hydrogen-bond donors (Lipinski definition) is 0. The standard InChI is InChI=1S/C16H14ClFN2O3/c17-12-4-3-7-19-16(12)23-11-8-20(9-11)15(21)10-22-14-6-2-1-5-13(14)18/h1-7,11H,8-10H2. The molecule has 1 aromatic carbocycles. The van der Waals surface area contributed by atoms with E-state index in [1.54, 1.807) is 35.4 Å². The second-order valence-electron chi connectivity index (χ2n) is 5.05. The Labute approximate surface area is 137 Å². The van der Waals surface area contributed by atoms with Crippen molar-refractivity contribution in [3.05, 3.63) is 53.4 Å². The van der Waals surface area contributed by atoms with Gasteiger partial charge in [-0.2, -0.15) is 0 Å². The van der Waals surface area contributed by atoms with E-state index in [1.165, 1.54) is 12.1 Å². The second-order valence-corrected chi connectivity index (χ2v) is 5.46. The molecule has 1 aliphatic heterocycles. The number of ether oxygens (including phenoxy) is 2. The SMILES string of the molecule is O=C(COc1ccccc1F)N1CC(Oc2ncccc2Cl)C1. The summed E-state index contributed by atoms with van der Waals surface area (Å²) in [6, 6.07) is 9.37. The molecule has 5 nitrogen and oxygen atoms in total. The molecular weight excluding hydrogens is 323 g/mol. The highest BCUT2D eigenvalue weighted by molar-refractivity contribution is 6.31. The van der Waals surface area contributed by atoms with E-state index >= 15 is 0 Å². The molecule has 0 bridgehead atoms. The molecule has 0 saturated carbocycles. The number of likely N-dealkylation sites (tertiary alicyclic amines) is 1. The summed E-state index contributed by atoms with van der Waals surface area (Å²) in [5.41, 5.74) is 0. The predicted molar refractivity (Wildman–Crippen MR) is 82.1 cm³/mol. The van der Waals surface area contributed by atoms with Crippen LogP contribution in [0.4, 0.5) is 4.39 Å². The Bertz CT molecular complexity index is 707. The summed E-state index contributed by atoms with van der Waals surface area (Å²) < 4.78 is 24.2. The largest absolute Gasteiger partial charge is 0.481 e. The Morgan fingerprint density at radius 1 is 1.30 bits per heavy atom. The highest BCUT2D eigenvalue weighted by Gasteiger charge is 2.33. The molecule has 2 aromatic rings. The van der Waals surface area contributed by atoms with E-state index in [-0.39, 0.29) is 24.4 Å². The van der Waals surface area contributed by atoms with Gasteiger partial charge in [-0.25, -0.2) is 9.37 Å². The van der Waals surface area contributed by atoms with Crippen molar-refractivity contribution in [2.45, 2.75) is 6.10 Å². The second kappa shape index (κ2) is 6.83. The van der Waals surface area contributed by atoms with E-state index in [9.17, 15) is 9.18 Å². The maximum absolute atomic E-state index is 13.4. The quantitative estimate of drug-likeness (QED) is 0.842. The fourth-order valence-corrected chi connectivity index (χ4v) is 2.29. The van der Waals surface area contributed by atoms with Gasteiger partial charge in [0.15, 0.2) is 18.2 Å². The Kier molecular flexibility index (Phi) is 4.62. The third-order valence-corrected chi connectivity index (χ3v) is 3.68. The lowest BCUT2D eigenvalue weighted by molar-refractivity contribution is -0.142. The van der Waals surface area contributed by atoms with Crippen LogP contribution in [0.3, 0.4) is 0 Å². The summed E-state index contributed by atoms with van der Waals surface area (Å²) in [5.74, 6) is -0.293. The first-order valence-electron chi connectivity index (χ1n) is 7.06. The molecule has 0 spiro atoms. The smallest absolute Gasteiger partial charge is 0.260 e. The molecule has 1 aromatic heterocycles. The van der Waals surface area contributed by atoms with Crippen LogP contribution >= 0.6 is 11.6 Å². The van der Waals surface area contributed by atoms with Gasteiger partial charge in [0.25, 0.3) is 5.91 Å². The lowest BCUT2D eigenvalue weighted by Gasteiger charge is -2.38. The average Bonchev–Trinajstić information content (AvgIpc) is 2.51. The Morgan fingerprint density at radius 2 is 2.09 bits per heavy atom. The van der Waals surface area contributed by atoms with E-state index in [4.69, 9.17) is 21.1 Å². The van der Waals surface area contributed by atoms with Gasteiger partial charge in [0.1, 0.15) is 11.1 Å². The Morgan fingerprint density at radius 3 is 2.83 bits per heavy atom. The van der Waals surface area contributed by atoms with Crippen LogP contribution in [0.2, 0.25) is 5.02 Å². The molecule has 1 aliphatic rings.